The zero-order valence-corrected chi connectivity index (χ0v) is 8.31. The Balaban J connectivity index is 2.59. The summed E-state index contributed by atoms with van der Waals surface area (Å²) in [4.78, 5) is 13.7. The average molecular weight is 212 g/mol. The predicted molar refractivity (Wildman–Crippen MR) is 62.5 cm³/mol. The van der Waals surface area contributed by atoms with Crippen molar-refractivity contribution in [3.63, 3.8) is 0 Å². The summed E-state index contributed by atoms with van der Waals surface area (Å²) in [5.74, 6) is 0. The molecule has 0 saturated heterocycles. The smallest absolute Gasteiger partial charge is 0.279 e. The summed E-state index contributed by atoms with van der Waals surface area (Å²) < 4.78 is 0. The fraction of sp³-hybridized carbons (Fsp3) is 0. The summed E-state index contributed by atoms with van der Waals surface area (Å²) in [5.41, 5.74) is 0.968. The molecule has 3 aromatic rings. The van der Waals surface area contributed by atoms with Crippen LogP contribution in [0.2, 0.25) is 0 Å². The van der Waals surface area contributed by atoms with Crippen LogP contribution in [0.5, 0.6) is 0 Å². The second kappa shape index (κ2) is 3.06. The van der Waals surface area contributed by atoms with Gasteiger partial charge in [0.15, 0.2) is 0 Å². The van der Waals surface area contributed by atoms with Gasteiger partial charge in [-0.25, -0.2) is 0 Å². The molecule has 1 aromatic heterocycles. The quantitative estimate of drug-likeness (QED) is 0.497. The third-order valence-corrected chi connectivity index (χ3v) is 2.74. The maximum absolute atomic E-state index is 11.0. The highest BCUT2D eigenvalue weighted by atomic mass is 16.6. The number of H-pyrrole nitrogens is 1. The van der Waals surface area contributed by atoms with Crippen LogP contribution in [0.25, 0.3) is 21.7 Å². The minimum absolute atomic E-state index is 0.144. The number of rotatable bonds is 1. The normalized spacial score (nSPS) is 11.0. The van der Waals surface area contributed by atoms with Crippen molar-refractivity contribution in [2.45, 2.75) is 0 Å². The molecule has 0 atom stereocenters. The van der Waals surface area contributed by atoms with E-state index in [1.54, 1.807) is 12.3 Å². The van der Waals surface area contributed by atoms with Gasteiger partial charge in [0, 0.05) is 17.6 Å². The molecule has 2 aromatic carbocycles. The van der Waals surface area contributed by atoms with Gasteiger partial charge in [-0.15, -0.1) is 0 Å². The van der Waals surface area contributed by atoms with E-state index in [9.17, 15) is 10.1 Å². The largest absolute Gasteiger partial charge is 0.360 e. The average Bonchev–Trinajstić information content (AvgIpc) is 2.76. The van der Waals surface area contributed by atoms with E-state index < -0.39 is 0 Å². The van der Waals surface area contributed by atoms with Crippen molar-refractivity contribution in [2.75, 3.05) is 0 Å². The highest BCUT2D eigenvalue weighted by Crippen LogP contribution is 2.31. The zero-order chi connectivity index (χ0) is 11.1. The SMILES string of the molecule is O=[N+]([O-])c1cccc2ccc3cc[nH]c3c12. The molecule has 0 aliphatic rings. The Morgan fingerprint density at radius 2 is 1.88 bits per heavy atom. The van der Waals surface area contributed by atoms with Crippen LogP contribution in [0, 0.1) is 10.1 Å². The van der Waals surface area contributed by atoms with Crippen molar-refractivity contribution in [1.29, 1.82) is 0 Å². The first-order chi connectivity index (χ1) is 7.77. The standard InChI is InChI=1S/C12H8N2O2/c15-14(16)10-3-1-2-8-4-5-9-6-7-13-12(9)11(8)10/h1-7,13H. The molecule has 78 valence electrons. The number of nitro groups is 1. The molecule has 0 fully saturated rings. The van der Waals surface area contributed by atoms with E-state index in [-0.39, 0.29) is 10.6 Å². The number of hydrogen-bond donors (Lipinski definition) is 1. The summed E-state index contributed by atoms with van der Waals surface area (Å²) in [7, 11) is 0. The molecule has 1 heterocycles. The molecule has 0 radical (unpaired) electrons. The molecule has 16 heavy (non-hydrogen) atoms. The number of aromatic nitrogens is 1. The molecule has 0 spiro atoms. The van der Waals surface area contributed by atoms with Gasteiger partial charge >= 0.3 is 0 Å². The lowest BCUT2D eigenvalue weighted by Gasteiger charge is -2.00. The van der Waals surface area contributed by atoms with Gasteiger partial charge in [0.1, 0.15) is 0 Å². The molecule has 0 unspecified atom stereocenters. The first kappa shape index (κ1) is 8.91. The molecule has 4 nitrogen and oxygen atoms in total. The summed E-state index contributed by atoms with van der Waals surface area (Å²) in [6.45, 7) is 0. The van der Waals surface area contributed by atoms with Crippen LogP contribution >= 0.6 is 0 Å². The van der Waals surface area contributed by atoms with Crippen molar-refractivity contribution in [2.24, 2.45) is 0 Å². The van der Waals surface area contributed by atoms with Crippen LogP contribution in [0.1, 0.15) is 0 Å². The number of hydrogen-bond acceptors (Lipinski definition) is 2. The van der Waals surface area contributed by atoms with Crippen LogP contribution < -0.4 is 0 Å². The highest BCUT2D eigenvalue weighted by molar-refractivity contribution is 6.10. The van der Waals surface area contributed by atoms with Crippen LogP contribution in [-0.4, -0.2) is 9.91 Å². The van der Waals surface area contributed by atoms with Gasteiger partial charge in [0.05, 0.1) is 15.8 Å². The Morgan fingerprint density at radius 3 is 2.69 bits per heavy atom. The number of nitro benzene ring substituents is 1. The van der Waals surface area contributed by atoms with Crippen LogP contribution in [-0.2, 0) is 0 Å². The molecular formula is C12H8N2O2. The first-order valence-corrected chi connectivity index (χ1v) is 4.90. The Morgan fingerprint density at radius 1 is 1.06 bits per heavy atom. The maximum atomic E-state index is 11.0. The fourth-order valence-corrected chi connectivity index (χ4v) is 2.04. The van der Waals surface area contributed by atoms with Crippen molar-refractivity contribution in [1.82, 2.24) is 4.98 Å². The van der Waals surface area contributed by atoms with Crippen molar-refractivity contribution in [3.8, 4) is 0 Å². The van der Waals surface area contributed by atoms with Gasteiger partial charge in [-0.2, -0.15) is 0 Å². The summed E-state index contributed by atoms with van der Waals surface area (Å²) in [5, 5.41) is 13.5. The minimum Gasteiger partial charge on any atom is -0.360 e. The lowest BCUT2D eigenvalue weighted by Crippen LogP contribution is -1.89. The van der Waals surface area contributed by atoms with Gasteiger partial charge in [-0.3, -0.25) is 10.1 Å². The van der Waals surface area contributed by atoms with E-state index in [1.807, 2.05) is 24.3 Å². The molecule has 0 bridgehead atoms. The Hall–Kier alpha value is -2.36. The fourth-order valence-electron chi connectivity index (χ4n) is 2.04. The third kappa shape index (κ3) is 1.10. The number of nitrogens with one attached hydrogen (secondary N) is 1. The lowest BCUT2D eigenvalue weighted by molar-refractivity contribution is -0.383. The molecule has 4 heteroatoms. The van der Waals surface area contributed by atoms with E-state index in [0.29, 0.717) is 5.39 Å². The van der Waals surface area contributed by atoms with Crippen molar-refractivity contribution < 1.29 is 4.92 Å². The van der Waals surface area contributed by atoms with E-state index in [0.717, 1.165) is 16.3 Å². The molecular weight excluding hydrogens is 204 g/mol. The first-order valence-electron chi connectivity index (χ1n) is 4.90. The Labute approximate surface area is 90.7 Å². The second-order valence-corrected chi connectivity index (χ2v) is 3.64. The van der Waals surface area contributed by atoms with E-state index in [1.165, 1.54) is 6.07 Å². The Bertz CT molecular complexity index is 700. The molecule has 0 aliphatic carbocycles. The second-order valence-electron chi connectivity index (χ2n) is 3.64. The molecule has 0 aliphatic heterocycles. The van der Waals surface area contributed by atoms with Crippen LogP contribution in [0.3, 0.4) is 0 Å². The number of fused-ring (bicyclic) bond motifs is 3. The summed E-state index contributed by atoms with van der Waals surface area (Å²) in [6.07, 6.45) is 1.79. The highest BCUT2D eigenvalue weighted by Gasteiger charge is 2.14. The van der Waals surface area contributed by atoms with E-state index >= 15 is 0 Å². The molecule has 3 rings (SSSR count). The van der Waals surface area contributed by atoms with Gasteiger partial charge in [0.2, 0.25) is 0 Å². The topological polar surface area (TPSA) is 58.9 Å². The maximum Gasteiger partial charge on any atom is 0.279 e. The third-order valence-electron chi connectivity index (χ3n) is 2.74. The van der Waals surface area contributed by atoms with E-state index in [4.69, 9.17) is 0 Å². The summed E-state index contributed by atoms with van der Waals surface area (Å²) in [6, 6.07) is 10.9. The van der Waals surface area contributed by atoms with E-state index in [2.05, 4.69) is 4.98 Å². The number of non-ortho nitro benzene ring substituents is 1. The number of aromatic amines is 1. The van der Waals surface area contributed by atoms with Gasteiger partial charge < -0.3 is 4.98 Å². The number of benzene rings is 2. The Kier molecular flexibility index (Phi) is 1.71. The van der Waals surface area contributed by atoms with Crippen molar-refractivity contribution in [3.05, 3.63) is 52.7 Å². The van der Waals surface area contributed by atoms with Crippen LogP contribution in [0.4, 0.5) is 5.69 Å². The van der Waals surface area contributed by atoms with Gasteiger partial charge in [-0.1, -0.05) is 24.3 Å². The van der Waals surface area contributed by atoms with Crippen LogP contribution in [0.15, 0.2) is 42.6 Å². The lowest BCUT2D eigenvalue weighted by atomic mass is 10.1. The minimum atomic E-state index is -0.345. The predicted octanol–water partition coefficient (Wildman–Crippen LogP) is 3.23. The van der Waals surface area contributed by atoms with Gasteiger partial charge in [0.25, 0.3) is 5.69 Å². The van der Waals surface area contributed by atoms with Gasteiger partial charge in [-0.05, 0) is 11.5 Å². The molecule has 0 saturated carbocycles. The number of nitrogens with zero attached hydrogens (tertiary/aromatic N) is 1. The van der Waals surface area contributed by atoms with Crippen molar-refractivity contribution >= 4 is 27.4 Å². The zero-order valence-electron chi connectivity index (χ0n) is 8.31. The monoisotopic (exact) mass is 212 g/mol. The molecule has 0 amide bonds. The molecule has 1 N–H and O–H groups in total. The summed E-state index contributed by atoms with van der Waals surface area (Å²) >= 11 is 0.